The fourth-order valence-electron chi connectivity index (χ4n) is 1.02. The predicted molar refractivity (Wildman–Crippen MR) is 68.5 cm³/mol. The minimum absolute atomic E-state index is 0.551. The number of halogens is 1. The fourth-order valence-corrected chi connectivity index (χ4v) is 1.48. The van der Waals surface area contributed by atoms with E-state index in [9.17, 15) is 0 Å². The number of pyridine rings is 1. The first-order valence-electron chi connectivity index (χ1n) is 4.80. The molecular weight excluding hydrogens is 230 g/mol. The number of hydrogen-bond acceptors (Lipinski definition) is 2. The van der Waals surface area contributed by atoms with E-state index in [-0.39, 0.29) is 0 Å². The largest absolute Gasteiger partial charge is 0.362 e. The normalized spacial score (nSPS) is 9.80. The highest BCUT2D eigenvalue weighted by Gasteiger charge is 2.03. The number of hydrogen-bond donors (Lipinski definition) is 2. The molecule has 82 valence electrons. The van der Waals surface area contributed by atoms with Crippen molar-refractivity contribution < 1.29 is 0 Å². The highest BCUT2D eigenvalue weighted by molar-refractivity contribution is 7.80. The van der Waals surface area contributed by atoms with Gasteiger partial charge in [-0.3, -0.25) is 0 Å². The van der Waals surface area contributed by atoms with Gasteiger partial charge in [-0.25, -0.2) is 4.98 Å². The Balaban J connectivity index is 2.60. The SMILES string of the molecule is CCCNC(=S)Nc1ncc(C)cc1Cl. The maximum atomic E-state index is 6.00. The van der Waals surface area contributed by atoms with Gasteiger partial charge in [-0.05, 0) is 37.2 Å². The first-order valence-corrected chi connectivity index (χ1v) is 5.59. The Morgan fingerprint density at radius 1 is 1.60 bits per heavy atom. The number of rotatable bonds is 3. The summed E-state index contributed by atoms with van der Waals surface area (Å²) in [4.78, 5) is 4.16. The molecule has 0 aliphatic rings. The summed E-state index contributed by atoms with van der Waals surface area (Å²) in [6.45, 7) is 4.86. The molecule has 0 unspecified atom stereocenters. The quantitative estimate of drug-likeness (QED) is 0.801. The van der Waals surface area contributed by atoms with Gasteiger partial charge in [-0.1, -0.05) is 18.5 Å². The third-order valence-electron chi connectivity index (χ3n) is 1.75. The molecule has 0 fully saturated rings. The van der Waals surface area contributed by atoms with E-state index in [0.717, 1.165) is 18.5 Å². The van der Waals surface area contributed by atoms with E-state index in [0.29, 0.717) is 16.0 Å². The van der Waals surface area contributed by atoms with Gasteiger partial charge in [0.1, 0.15) is 0 Å². The van der Waals surface area contributed by atoms with Crippen LogP contribution in [0.3, 0.4) is 0 Å². The molecule has 2 N–H and O–H groups in total. The zero-order valence-electron chi connectivity index (χ0n) is 8.80. The van der Waals surface area contributed by atoms with Gasteiger partial charge >= 0.3 is 0 Å². The van der Waals surface area contributed by atoms with Crippen molar-refractivity contribution >= 4 is 34.7 Å². The number of aromatic nitrogens is 1. The number of nitrogens with one attached hydrogen (secondary N) is 2. The summed E-state index contributed by atoms with van der Waals surface area (Å²) in [6.07, 6.45) is 2.77. The summed E-state index contributed by atoms with van der Waals surface area (Å²) in [6, 6.07) is 1.85. The van der Waals surface area contributed by atoms with Crippen LogP contribution in [-0.4, -0.2) is 16.6 Å². The molecule has 0 atom stereocenters. The van der Waals surface area contributed by atoms with Crippen LogP contribution in [0.25, 0.3) is 0 Å². The van der Waals surface area contributed by atoms with Crippen molar-refractivity contribution in [3.8, 4) is 0 Å². The lowest BCUT2D eigenvalue weighted by atomic mass is 10.3. The summed E-state index contributed by atoms with van der Waals surface area (Å²) in [5.74, 6) is 0.593. The maximum Gasteiger partial charge on any atom is 0.171 e. The Morgan fingerprint density at radius 3 is 2.93 bits per heavy atom. The van der Waals surface area contributed by atoms with E-state index >= 15 is 0 Å². The van der Waals surface area contributed by atoms with Crippen molar-refractivity contribution in [1.29, 1.82) is 0 Å². The third-order valence-corrected chi connectivity index (χ3v) is 2.28. The summed E-state index contributed by atoms with van der Waals surface area (Å²) in [5.41, 5.74) is 1.03. The third kappa shape index (κ3) is 4.01. The lowest BCUT2D eigenvalue weighted by molar-refractivity contribution is 0.846. The number of thiocarbonyl (C=S) groups is 1. The van der Waals surface area contributed by atoms with Gasteiger partial charge < -0.3 is 10.6 Å². The second-order valence-corrected chi connectivity index (χ2v) is 4.04. The minimum atomic E-state index is 0.551. The molecule has 1 rings (SSSR count). The van der Waals surface area contributed by atoms with Crippen molar-refractivity contribution in [2.45, 2.75) is 20.3 Å². The van der Waals surface area contributed by atoms with Crippen LogP contribution in [0.4, 0.5) is 5.82 Å². The van der Waals surface area contributed by atoms with Crippen LogP contribution >= 0.6 is 23.8 Å². The van der Waals surface area contributed by atoms with Crippen LogP contribution in [0.15, 0.2) is 12.3 Å². The molecule has 0 amide bonds. The van der Waals surface area contributed by atoms with Crippen molar-refractivity contribution in [2.75, 3.05) is 11.9 Å². The summed E-state index contributed by atoms with van der Waals surface area (Å²) in [5, 5.41) is 7.12. The molecular formula is C10H14ClN3S. The zero-order chi connectivity index (χ0) is 11.3. The lowest BCUT2D eigenvalue weighted by Crippen LogP contribution is -2.29. The molecule has 1 aromatic rings. The first-order chi connectivity index (χ1) is 7.13. The lowest BCUT2D eigenvalue weighted by Gasteiger charge is -2.10. The van der Waals surface area contributed by atoms with Crippen LogP contribution < -0.4 is 10.6 Å². The van der Waals surface area contributed by atoms with E-state index in [2.05, 4.69) is 22.5 Å². The van der Waals surface area contributed by atoms with Crippen molar-refractivity contribution in [1.82, 2.24) is 10.3 Å². The summed E-state index contributed by atoms with van der Waals surface area (Å²) in [7, 11) is 0. The van der Waals surface area contributed by atoms with Crippen LogP contribution in [0.2, 0.25) is 5.02 Å². The topological polar surface area (TPSA) is 37.0 Å². The van der Waals surface area contributed by atoms with Gasteiger partial charge in [-0.15, -0.1) is 0 Å². The predicted octanol–water partition coefficient (Wildman–Crippen LogP) is 2.74. The number of nitrogens with zero attached hydrogens (tertiary/aromatic N) is 1. The van der Waals surface area contributed by atoms with Gasteiger partial charge in [0.15, 0.2) is 10.9 Å². The molecule has 1 aromatic heterocycles. The number of aryl methyl sites for hydroxylation is 1. The van der Waals surface area contributed by atoms with Gasteiger partial charge in [0, 0.05) is 12.7 Å². The van der Waals surface area contributed by atoms with Crippen molar-refractivity contribution in [3.05, 3.63) is 22.8 Å². The van der Waals surface area contributed by atoms with E-state index in [1.165, 1.54) is 0 Å². The van der Waals surface area contributed by atoms with E-state index in [4.69, 9.17) is 23.8 Å². The molecule has 0 bridgehead atoms. The van der Waals surface area contributed by atoms with Gasteiger partial charge in [0.2, 0.25) is 0 Å². The van der Waals surface area contributed by atoms with Crippen LogP contribution in [0.5, 0.6) is 0 Å². The molecule has 0 spiro atoms. The Bertz CT molecular complexity index is 355. The average molecular weight is 244 g/mol. The second-order valence-electron chi connectivity index (χ2n) is 3.22. The van der Waals surface area contributed by atoms with Gasteiger partial charge in [0.05, 0.1) is 5.02 Å². The summed E-state index contributed by atoms with van der Waals surface area (Å²) < 4.78 is 0. The molecule has 0 aliphatic heterocycles. The van der Waals surface area contributed by atoms with Gasteiger partial charge in [-0.2, -0.15) is 0 Å². The molecule has 5 heteroatoms. The monoisotopic (exact) mass is 243 g/mol. The van der Waals surface area contributed by atoms with Gasteiger partial charge in [0.25, 0.3) is 0 Å². The first kappa shape index (κ1) is 12.2. The zero-order valence-corrected chi connectivity index (χ0v) is 10.4. The summed E-state index contributed by atoms with van der Waals surface area (Å²) >= 11 is 11.1. The Kier molecular flexibility index (Phi) is 4.78. The van der Waals surface area contributed by atoms with E-state index in [1.807, 2.05) is 13.0 Å². The fraction of sp³-hybridized carbons (Fsp3) is 0.400. The van der Waals surface area contributed by atoms with E-state index < -0.39 is 0 Å². The molecule has 0 aliphatic carbocycles. The molecule has 0 radical (unpaired) electrons. The standard InChI is InChI=1S/C10H14ClN3S/c1-3-4-12-10(15)14-9-8(11)5-7(2)6-13-9/h5-6H,3-4H2,1-2H3,(H2,12,13,14,15). The Hall–Kier alpha value is -0.870. The Morgan fingerprint density at radius 2 is 2.33 bits per heavy atom. The molecule has 3 nitrogen and oxygen atoms in total. The molecule has 0 saturated heterocycles. The molecule has 1 heterocycles. The molecule has 0 saturated carbocycles. The maximum absolute atomic E-state index is 6.00. The Labute approximate surface area is 100 Å². The highest BCUT2D eigenvalue weighted by atomic mass is 35.5. The second kappa shape index (κ2) is 5.88. The highest BCUT2D eigenvalue weighted by Crippen LogP contribution is 2.19. The smallest absolute Gasteiger partial charge is 0.171 e. The van der Waals surface area contributed by atoms with Crippen LogP contribution in [0, 0.1) is 6.92 Å². The number of anilines is 1. The average Bonchev–Trinajstić information content (AvgIpc) is 2.19. The van der Waals surface area contributed by atoms with E-state index in [1.54, 1.807) is 6.20 Å². The molecule has 0 aromatic carbocycles. The van der Waals surface area contributed by atoms with Crippen molar-refractivity contribution in [3.63, 3.8) is 0 Å². The minimum Gasteiger partial charge on any atom is -0.362 e. The molecule has 15 heavy (non-hydrogen) atoms. The van der Waals surface area contributed by atoms with Crippen LogP contribution in [-0.2, 0) is 0 Å². The van der Waals surface area contributed by atoms with Crippen LogP contribution in [0.1, 0.15) is 18.9 Å². The van der Waals surface area contributed by atoms with Crippen molar-refractivity contribution in [2.24, 2.45) is 0 Å².